The van der Waals surface area contributed by atoms with E-state index in [-0.39, 0.29) is 17.1 Å². The molecule has 0 saturated carbocycles. The van der Waals surface area contributed by atoms with E-state index in [0.717, 1.165) is 18.3 Å². The minimum absolute atomic E-state index is 0.187. The topological polar surface area (TPSA) is 77.4 Å². The van der Waals surface area contributed by atoms with Crippen molar-refractivity contribution < 1.29 is 36.2 Å². The molecule has 0 fully saturated rings. The SMILES string of the molecule is COc1ccc([C@H]2C[C@H](C(F)(F)F)n3ncc(C(=O)Nc4ccc(F)cc4F)c3N2)cc1OC. The van der Waals surface area contributed by atoms with Gasteiger partial charge in [0.15, 0.2) is 17.5 Å². The maximum Gasteiger partial charge on any atom is 0.410 e. The third-order valence-corrected chi connectivity index (χ3v) is 5.47. The fourth-order valence-electron chi connectivity index (χ4n) is 3.80. The lowest BCUT2D eigenvalue weighted by atomic mass is 9.96. The summed E-state index contributed by atoms with van der Waals surface area (Å²) >= 11 is 0. The summed E-state index contributed by atoms with van der Waals surface area (Å²) in [6.45, 7) is 0. The predicted molar refractivity (Wildman–Crippen MR) is 112 cm³/mol. The van der Waals surface area contributed by atoms with Gasteiger partial charge < -0.3 is 20.1 Å². The van der Waals surface area contributed by atoms with Crippen LogP contribution < -0.4 is 20.1 Å². The van der Waals surface area contributed by atoms with Gasteiger partial charge in [-0.15, -0.1) is 0 Å². The molecule has 0 aliphatic carbocycles. The Morgan fingerprint density at radius 1 is 1.12 bits per heavy atom. The summed E-state index contributed by atoms with van der Waals surface area (Å²) in [6, 6.07) is 4.35. The molecule has 2 atom stereocenters. The highest BCUT2D eigenvalue weighted by molar-refractivity contribution is 6.07. The molecule has 4 rings (SSSR count). The lowest BCUT2D eigenvalue weighted by Gasteiger charge is -2.34. The van der Waals surface area contributed by atoms with E-state index in [2.05, 4.69) is 15.7 Å². The van der Waals surface area contributed by atoms with Gasteiger partial charge in [0.2, 0.25) is 0 Å². The largest absolute Gasteiger partial charge is 0.493 e. The van der Waals surface area contributed by atoms with Crippen LogP contribution >= 0.6 is 0 Å². The van der Waals surface area contributed by atoms with Crippen molar-refractivity contribution in [1.82, 2.24) is 9.78 Å². The fraction of sp³-hybridized carbons (Fsp3) is 0.273. The van der Waals surface area contributed by atoms with Crippen molar-refractivity contribution in [2.75, 3.05) is 24.9 Å². The van der Waals surface area contributed by atoms with Crippen molar-refractivity contribution in [1.29, 1.82) is 0 Å². The lowest BCUT2D eigenvalue weighted by molar-refractivity contribution is -0.173. The smallest absolute Gasteiger partial charge is 0.410 e. The van der Waals surface area contributed by atoms with Crippen molar-refractivity contribution in [3.05, 3.63) is 65.4 Å². The Labute approximate surface area is 190 Å². The second kappa shape index (κ2) is 8.84. The normalized spacial score (nSPS) is 17.5. The molecule has 2 N–H and O–H groups in total. The molecule has 2 aromatic carbocycles. The maximum atomic E-state index is 14.0. The van der Waals surface area contributed by atoms with E-state index in [0.29, 0.717) is 27.8 Å². The number of anilines is 2. The first-order valence-electron chi connectivity index (χ1n) is 10.0. The predicted octanol–water partition coefficient (Wildman–Crippen LogP) is 5.09. The zero-order valence-electron chi connectivity index (χ0n) is 17.9. The van der Waals surface area contributed by atoms with Gasteiger partial charge in [-0.05, 0) is 29.8 Å². The van der Waals surface area contributed by atoms with Gasteiger partial charge in [-0.3, -0.25) is 4.79 Å². The molecule has 3 aromatic rings. The number of halogens is 5. The Balaban J connectivity index is 1.70. The number of hydrogen-bond donors (Lipinski definition) is 2. The zero-order chi connectivity index (χ0) is 24.6. The molecule has 0 unspecified atom stereocenters. The Morgan fingerprint density at radius 3 is 2.50 bits per heavy atom. The standard InChI is InChI=1S/C22H19F5N4O3/c1-33-17-6-3-11(7-18(17)34-2)16-9-19(22(25,26)27)31-20(29-16)13(10-28-31)21(32)30-15-5-4-12(23)8-14(15)24/h3-8,10,16,19,29H,9H2,1-2H3,(H,30,32)/t16-,19-/m1/s1. The van der Waals surface area contributed by atoms with Gasteiger partial charge >= 0.3 is 6.18 Å². The van der Waals surface area contributed by atoms with Gasteiger partial charge in [-0.25, -0.2) is 13.5 Å². The average Bonchev–Trinajstić information content (AvgIpc) is 3.23. The number of amides is 1. The van der Waals surface area contributed by atoms with Crippen LogP contribution in [0, 0.1) is 11.6 Å². The molecule has 0 spiro atoms. The second-order valence-electron chi connectivity index (χ2n) is 7.53. The summed E-state index contributed by atoms with van der Waals surface area (Å²) in [4.78, 5) is 12.8. The summed E-state index contributed by atoms with van der Waals surface area (Å²) < 4.78 is 79.9. The van der Waals surface area contributed by atoms with E-state index in [4.69, 9.17) is 9.47 Å². The molecule has 0 radical (unpaired) electrons. The number of carbonyl (C=O) groups excluding carboxylic acids is 1. The average molecular weight is 482 g/mol. The molecule has 34 heavy (non-hydrogen) atoms. The number of alkyl halides is 3. The number of carbonyl (C=O) groups is 1. The van der Waals surface area contributed by atoms with Gasteiger partial charge in [-0.1, -0.05) is 6.07 Å². The lowest BCUT2D eigenvalue weighted by Crippen LogP contribution is -2.36. The minimum atomic E-state index is -4.66. The highest BCUT2D eigenvalue weighted by Gasteiger charge is 2.47. The van der Waals surface area contributed by atoms with Gasteiger partial charge in [0.25, 0.3) is 5.91 Å². The number of hydrogen-bond acceptors (Lipinski definition) is 5. The van der Waals surface area contributed by atoms with Crippen LogP contribution in [0.2, 0.25) is 0 Å². The van der Waals surface area contributed by atoms with Crippen LogP contribution in [-0.4, -0.2) is 36.1 Å². The van der Waals surface area contributed by atoms with Crippen molar-refractivity contribution in [3.63, 3.8) is 0 Å². The Bertz CT molecular complexity index is 1230. The van der Waals surface area contributed by atoms with Crippen LogP contribution in [0.1, 0.15) is 34.4 Å². The summed E-state index contributed by atoms with van der Waals surface area (Å²) in [5.41, 5.74) is -0.0931. The molecule has 0 bridgehead atoms. The van der Waals surface area contributed by atoms with Crippen molar-refractivity contribution in [2.45, 2.75) is 24.7 Å². The van der Waals surface area contributed by atoms with Crippen LogP contribution in [-0.2, 0) is 0 Å². The van der Waals surface area contributed by atoms with Gasteiger partial charge in [0.1, 0.15) is 23.0 Å². The molecule has 1 aromatic heterocycles. The fourth-order valence-corrected chi connectivity index (χ4v) is 3.80. The van der Waals surface area contributed by atoms with Crippen molar-refractivity contribution in [3.8, 4) is 11.5 Å². The van der Waals surface area contributed by atoms with Crippen LogP contribution in [0.3, 0.4) is 0 Å². The minimum Gasteiger partial charge on any atom is -0.493 e. The van der Waals surface area contributed by atoms with Crippen LogP contribution in [0.15, 0.2) is 42.6 Å². The van der Waals surface area contributed by atoms with E-state index in [9.17, 15) is 26.7 Å². The number of aromatic nitrogens is 2. The first kappa shape index (κ1) is 23.3. The van der Waals surface area contributed by atoms with Gasteiger partial charge in [0.05, 0.1) is 32.1 Å². The third-order valence-electron chi connectivity index (χ3n) is 5.47. The molecular weight excluding hydrogens is 463 g/mol. The molecule has 1 aliphatic heterocycles. The molecule has 12 heteroatoms. The summed E-state index contributed by atoms with van der Waals surface area (Å²) in [5, 5.41) is 8.94. The van der Waals surface area contributed by atoms with Gasteiger partial charge in [-0.2, -0.15) is 18.3 Å². The Kier molecular flexibility index (Phi) is 6.07. The third kappa shape index (κ3) is 4.35. The van der Waals surface area contributed by atoms with E-state index in [1.54, 1.807) is 18.2 Å². The van der Waals surface area contributed by atoms with E-state index >= 15 is 0 Å². The molecule has 180 valence electrons. The number of rotatable bonds is 5. The molecule has 1 amide bonds. The van der Waals surface area contributed by atoms with Crippen LogP contribution in [0.5, 0.6) is 11.5 Å². The molecule has 2 heterocycles. The maximum absolute atomic E-state index is 14.0. The monoisotopic (exact) mass is 482 g/mol. The van der Waals surface area contributed by atoms with Crippen LogP contribution in [0.25, 0.3) is 0 Å². The number of nitrogens with one attached hydrogen (secondary N) is 2. The molecule has 0 saturated heterocycles. The zero-order valence-corrected chi connectivity index (χ0v) is 17.9. The summed E-state index contributed by atoms with van der Waals surface area (Å²) in [5.74, 6) is -2.24. The molecule has 1 aliphatic rings. The number of benzene rings is 2. The van der Waals surface area contributed by atoms with Crippen LogP contribution in [0.4, 0.5) is 33.5 Å². The van der Waals surface area contributed by atoms with E-state index < -0.39 is 42.2 Å². The van der Waals surface area contributed by atoms with E-state index in [1.165, 1.54) is 14.2 Å². The summed E-state index contributed by atoms with van der Waals surface area (Å²) in [7, 11) is 2.84. The highest BCUT2D eigenvalue weighted by atomic mass is 19.4. The molecule has 7 nitrogen and oxygen atoms in total. The first-order valence-corrected chi connectivity index (χ1v) is 10.0. The number of ether oxygens (including phenoxy) is 2. The number of nitrogens with zero attached hydrogens (tertiary/aromatic N) is 2. The Hall–Kier alpha value is -3.83. The van der Waals surface area contributed by atoms with Crippen molar-refractivity contribution >= 4 is 17.4 Å². The summed E-state index contributed by atoms with van der Waals surface area (Å²) in [6.07, 6.45) is -4.09. The highest BCUT2D eigenvalue weighted by Crippen LogP contribution is 2.45. The number of fused-ring (bicyclic) bond motifs is 1. The first-order chi connectivity index (χ1) is 16.1. The molecular formula is C22H19F5N4O3. The quantitative estimate of drug-likeness (QED) is 0.496. The van der Waals surface area contributed by atoms with Gasteiger partial charge in [0, 0.05) is 12.5 Å². The van der Waals surface area contributed by atoms with E-state index in [1.807, 2.05) is 0 Å². The van der Waals surface area contributed by atoms with Crippen molar-refractivity contribution in [2.24, 2.45) is 0 Å². The Morgan fingerprint density at radius 2 is 1.85 bits per heavy atom. The number of methoxy groups -OCH3 is 2. The second-order valence-corrected chi connectivity index (χ2v) is 7.53.